The van der Waals surface area contributed by atoms with Gasteiger partial charge in [-0.3, -0.25) is 13.9 Å². The summed E-state index contributed by atoms with van der Waals surface area (Å²) < 4.78 is 42.1. The molecule has 0 bridgehead atoms. The van der Waals surface area contributed by atoms with Crippen molar-refractivity contribution in [2.24, 2.45) is 0 Å². The first-order valence-corrected chi connectivity index (χ1v) is 13.5. The summed E-state index contributed by atoms with van der Waals surface area (Å²) in [7, 11) is -0.497. The van der Waals surface area contributed by atoms with Gasteiger partial charge in [0.2, 0.25) is 28.6 Å². The van der Waals surface area contributed by atoms with E-state index in [9.17, 15) is 18.0 Å². The van der Waals surface area contributed by atoms with Crippen LogP contribution < -0.4 is 23.8 Å². The molecule has 0 aromatic heterocycles. The van der Waals surface area contributed by atoms with Crippen molar-refractivity contribution in [1.29, 1.82) is 0 Å². The van der Waals surface area contributed by atoms with Crippen LogP contribution in [-0.4, -0.2) is 64.9 Å². The predicted octanol–water partition coefficient (Wildman–Crippen LogP) is 2.52. The molecule has 0 aliphatic carbocycles. The topological polar surface area (TPSA) is 114 Å². The zero-order valence-electron chi connectivity index (χ0n) is 21.0. The van der Waals surface area contributed by atoms with Crippen LogP contribution in [0.5, 0.6) is 17.2 Å². The van der Waals surface area contributed by atoms with E-state index in [1.807, 2.05) is 19.1 Å². The van der Waals surface area contributed by atoms with E-state index in [1.54, 1.807) is 42.3 Å². The Morgan fingerprint density at radius 1 is 1.11 bits per heavy atom. The third-order valence-electron chi connectivity index (χ3n) is 5.94. The monoisotopic (exact) mass is 519 g/mol. The van der Waals surface area contributed by atoms with Crippen LogP contribution in [0.4, 0.5) is 5.69 Å². The molecule has 11 heteroatoms. The molecule has 3 rings (SSSR count). The molecule has 2 aromatic rings. The third-order valence-corrected chi connectivity index (χ3v) is 7.13. The van der Waals surface area contributed by atoms with Gasteiger partial charge in [-0.05, 0) is 42.7 Å². The van der Waals surface area contributed by atoms with Gasteiger partial charge < -0.3 is 24.4 Å². The van der Waals surface area contributed by atoms with E-state index in [4.69, 9.17) is 14.2 Å². The summed E-state index contributed by atoms with van der Waals surface area (Å²) in [4.78, 5) is 27.4. The number of sulfonamides is 1. The molecule has 0 spiro atoms. The third kappa shape index (κ3) is 6.60. The molecule has 196 valence electrons. The van der Waals surface area contributed by atoms with E-state index in [1.165, 1.54) is 11.4 Å². The van der Waals surface area contributed by atoms with Crippen molar-refractivity contribution in [3.05, 3.63) is 48.0 Å². The number of carbonyl (C=O) groups excluding carboxylic acids is 2. The second-order valence-corrected chi connectivity index (χ2v) is 10.3. The van der Waals surface area contributed by atoms with Crippen LogP contribution in [0, 0.1) is 0 Å². The normalized spacial score (nSPS) is 13.1. The second kappa shape index (κ2) is 12.0. The van der Waals surface area contributed by atoms with Crippen LogP contribution in [-0.2, 0) is 26.2 Å². The Labute approximate surface area is 212 Å². The molecule has 0 radical (unpaired) electrons. The first-order chi connectivity index (χ1) is 17.2. The maximum atomic E-state index is 13.3. The minimum Gasteiger partial charge on any atom is -0.497 e. The molecular formula is C25H33N3O7S. The maximum absolute atomic E-state index is 13.3. The highest BCUT2D eigenvalue weighted by Crippen LogP contribution is 2.36. The molecule has 1 aliphatic heterocycles. The Hall–Kier alpha value is -3.47. The lowest BCUT2D eigenvalue weighted by atomic mass is 10.1. The summed E-state index contributed by atoms with van der Waals surface area (Å²) in [6, 6.07) is 11.6. The molecule has 1 aliphatic rings. The first kappa shape index (κ1) is 27.1. The zero-order chi connectivity index (χ0) is 26.3. The van der Waals surface area contributed by atoms with Crippen molar-refractivity contribution < 1.29 is 32.2 Å². The van der Waals surface area contributed by atoms with E-state index >= 15 is 0 Å². The van der Waals surface area contributed by atoms with Crippen LogP contribution in [0.3, 0.4) is 0 Å². The predicted molar refractivity (Wildman–Crippen MR) is 136 cm³/mol. The fraction of sp³-hybridized carbons (Fsp3) is 0.440. The number of rotatable bonds is 12. The second-order valence-electron chi connectivity index (χ2n) is 8.38. The van der Waals surface area contributed by atoms with Gasteiger partial charge in [0, 0.05) is 32.6 Å². The molecule has 2 aromatic carbocycles. The van der Waals surface area contributed by atoms with Gasteiger partial charge in [-0.25, -0.2) is 8.42 Å². The number of nitrogens with one attached hydrogen (secondary N) is 1. The number of fused-ring (bicyclic) bond motifs is 1. The van der Waals surface area contributed by atoms with Crippen molar-refractivity contribution in [3.63, 3.8) is 0 Å². The fourth-order valence-corrected chi connectivity index (χ4v) is 5.02. The Morgan fingerprint density at radius 3 is 2.42 bits per heavy atom. The van der Waals surface area contributed by atoms with Crippen LogP contribution >= 0.6 is 0 Å². The van der Waals surface area contributed by atoms with Gasteiger partial charge in [0.25, 0.3) is 0 Å². The quantitative estimate of drug-likeness (QED) is 0.458. The highest BCUT2D eigenvalue weighted by atomic mass is 32.2. The van der Waals surface area contributed by atoms with Crippen LogP contribution in [0.1, 0.15) is 31.7 Å². The summed E-state index contributed by atoms with van der Waals surface area (Å²) in [5.74, 6) is 1.23. The lowest BCUT2D eigenvalue weighted by molar-refractivity contribution is -0.141. The molecule has 0 saturated heterocycles. The Morgan fingerprint density at radius 2 is 1.81 bits per heavy atom. The maximum Gasteiger partial charge on any atom is 0.242 e. The highest BCUT2D eigenvalue weighted by molar-refractivity contribution is 7.92. The Kier molecular flexibility index (Phi) is 9.03. The highest BCUT2D eigenvalue weighted by Gasteiger charge is 2.28. The number of ether oxygens (including phenoxy) is 3. The van der Waals surface area contributed by atoms with Gasteiger partial charge in [-0.1, -0.05) is 19.1 Å². The number of likely N-dealkylation sites (N-methyl/N-ethyl adjacent to an activating group) is 1. The number of anilines is 1. The molecule has 10 nitrogen and oxygen atoms in total. The number of hydrogen-bond acceptors (Lipinski definition) is 7. The summed E-state index contributed by atoms with van der Waals surface area (Å²) in [6.45, 7) is 2.27. The molecule has 1 unspecified atom stereocenters. The van der Waals surface area contributed by atoms with Gasteiger partial charge >= 0.3 is 0 Å². The molecular weight excluding hydrogens is 486 g/mol. The number of hydrogen-bond donors (Lipinski definition) is 1. The number of benzene rings is 2. The van der Waals surface area contributed by atoms with Gasteiger partial charge in [0.1, 0.15) is 11.8 Å². The molecule has 1 atom stereocenters. The standard InChI is InChI=1S/C25H33N3O7S/c1-5-21(25(30)26-2)27(16-18-8-11-20(33-3)12-9-18)24(29)7-6-14-28(36(4,31)32)19-10-13-22-23(15-19)35-17-34-22/h8-13,15,21H,5-7,14,16-17H2,1-4H3,(H,26,30). The van der Waals surface area contributed by atoms with Crippen molar-refractivity contribution >= 4 is 27.5 Å². The Balaban J connectivity index is 1.74. The summed E-state index contributed by atoms with van der Waals surface area (Å²) >= 11 is 0. The molecule has 1 N–H and O–H groups in total. The number of amides is 2. The fourth-order valence-electron chi connectivity index (χ4n) is 4.06. The molecule has 0 fully saturated rings. The van der Waals surface area contributed by atoms with Gasteiger partial charge in [-0.15, -0.1) is 0 Å². The summed E-state index contributed by atoms with van der Waals surface area (Å²) in [5, 5.41) is 2.63. The van der Waals surface area contributed by atoms with E-state index in [0.29, 0.717) is 29.4 Å². The average Bonchev–Trinajstić information content (AvgIpc) is 3.33. The van der Waals surface area contributed by atoms with Crippen LogP contribution in [0.25, 0.3) is 0 Å². The van der Waals surface area contributed by atoms with E-state index in [2.05, 4.69) is 5.32 Å². The van der Waals surface area contributed by atoms with E-state index in [0.717, 1.165) is 11.8 Å². The van der Waals surface area contributed by atoms with Gasteiger partial charge in [0.05, 0.1) is 19.1 Å². The van der Waals surface area contributed by atoms with E-state index < -0.39 is 16.1 Å². The largest absolute Gasteiger partial charge is 0.497 e. The zero-order valence-corrected chi connectivity index (χ0v) is 21.8. The average molecular weight is 520 g/mol. The van der Waals surface area contributed by atoms with Crippen molar-refractivity contribution in [2.45, 2.75) is 38.8 Å². The van der Waals surface area contributed by atoms with Crippen molar-refractivity contribution in [2.75, 3.05) is 38.1 Å². The first-order valence-electron chi connectivity index (χ1n) is 11.7. The van der Waals surface area contributed by atoms with Gasteiger partial charge in [0.15, 0.2) is 11.5 Å². The Bertz CT molecular complexity index is 1170. The van der Waals surface area contributed by atoms with Crippen molar-refractivity contribution in [3.8, 4) is 17.2 Å². The van der Waals surface area contributed by atoms with Gasteiger partial charge in [-0.2, -0.15) is 0 Å². The number of nitrogens with zero attached hydrogens (tertiary/aromatic N) is 2. The summed E-state index contributed by atoms with van der Waals surface area (Å²) in [5.41, 5.74) is 1.28. The lowest BCUT2D eigenvalue weighted by Crippen LogP contribution is -2.48. The van der Waals surface area contributed by atoms with Crippen LogP contribution in [0.2, 0.25) is 0 Å². The SMILES string of the molecule is CCC(C(=O)NC)N(Cc1ccc(OC)cc1)C(=O)CCCN(c1ccc2c(c1)OCO2)S(C)(=O)=O. The summed E-state index contributed by atoms with van der Waals surface area (Å²) in [6.07, 6.45) is 1.90. The lowest BCUT2D eigenvalue weighted by Gasteiger charge is -2.31. The van der Waals surface area contributed by atoms with Crippen LogP contribution in [0.15, 0.2) is 42.5 Å². The minimum absolute atomic E-state index is 0.0697. The molecule has 1 heterocycles. The number of carbonyl (C=O) groups is 2. The number of methoxy groups -OCH3 is 1. The van der Waals surface area contributed by atoms with Crippen molar-refractivity contribution in [1.82, 2.24) is 10.2 Å². The molecule has 36 heavy (non-hydrogen) atoms. The minimum atomic E-state index is -3.61. The molecule has 2 amide bonds. The van der Waals surface area contributed by atoms with E-state index in [-0.39, 0.29) is 44.5 Å². The smallest absolute Gasteiger partial charge is 0.242 e. The molecule has 0 saturated carbocycles.